The van der Waals surface area contributed by atoms with Gasteiger partial charge < -0.3 is 15.5 Å². The largest absolute Gasteiger partial charge is 0.383 e. The fourth-order valence-corrected chi connectivity index (χ4v) is 4.41. The summed E-state index contributed by atoms with van der Waals surface area (Å²) in [6, 6.07) is 3.27. The summed E-state index contributed by atoms with van der Waals surface area (Å²) >= 11 is 1.80. The van der Waals surface area contributed by atoms with Crippen LogP contribution in [0.3, 0.4) is 0 Å². The van der Waals surface area contributed by atoms with Gasteiger partial charge in [-0.3, -0.25) is 4.99 Å². The van der Waals surface area contributed by atoms with Gasteiger partial charge in [-0.05, 0) is 31.4 Å². The van der Waals surface area contributed by atoms with Gasteiger partial charge in [0.2, 0.25) is 0 Å². The van der Waals surface area contributed by atoms with Crippen molar-refractivity contribution in [1.29, 1.82) is 0 Å². The van der Waals surface area contributed by atoms with Gasteiger partial charge in [0.1, 0.15) is 11.7 Å². The molecule has 5 heteroatoms. The lowest BCUT2D eigenvalue weighted by Crippen LogP contribution is -2.33. The zero-order valence-corrected chi connectivity index (χ0v) is 15.1. The zero-order chi connectivity index (χ0) is 16.5. The van der Waals surface area contributed by atoms with E-state index in [1.165, 1.54) is 36.4 Å². The molecule has 2 aliphatic heterocycles. The van der Waals surface area contributed by atoms with E-state index in [1.54, 1.807) is 11.3 Å². The number of hydrogen-bond donors (Lipinski definition) is 1. The maximum atomic E-state index is 6.13. The van der Waals surface area contributed by atoms with Gasteiger partial charge >= 0.3 is 0 Å². The van der Waals surface area contributed by atoms with Gasteiger partial charge in [-0.1, -0.05) is 25.5 Å². The van der Waals surface area contributed by atoms with E-state index in [-0.39, 0.29) is 0 Å². The van der Waals surface area contributed by atoms with Gasteiger partial charge in [-0.15, -0.1) is 11.3 Å². The van der Waals surface area contributed by atoms with Crippen molar-refractivity contribution in [3.8, 4) is 0 Å². The summed E-state index contributed by atoms with van der Waals surface area (Å²) in [6.45, 7) is 5.47. The molecule has 1 saturated carbocycles. The fraction of sp³-hybridized carbons (Fsp3) is 0.526. The molecule has 2 N–H and O–H groups in total. The molecule has 1 saturated heterocycles. The molecular weight excluding hydrogens is 316 g/mol. The Bertz CT molecular complexity index is 683. The molecule has 0 amide bonds. The second-order valence-corrected chi connectivity index (χ2v) is 7.92. The predicted octanol–water partition coefficient (Wildman–Crippen LogP) is 3.31. The first-order valence-corrected chi connectivity index (χ1v) is 9.93. The number of allylic oxidation sites excluding steroid dienone is 2. The highest BCUT2D eigenvalue weighted by molar-refractivity contribution is 7.10. The zero-order valence-electron chi connectivity index (χ0n) is 14.3. The van der Waals surface area contributed by atoms with Gasteiger partial charge in [0.25, 0.3) is 0 Å². The van der Waals surface area contributed by atoms with Crippen LogP contribution in [0.5, 0.6) is 0 Å². The van der Waals surface area contributed by atoms with E-state index in [4.69, 9.17) is 5.73 Å². The molecule has 0 radical (unpaired) electrons. The fourth-order valence-electron chi connectivity index (χ4n) is 3.52. The third-order valence-corrected chi connectivity index (χ3v) is 5.88. The van der Waals surface area contributed by atoms with Gasteiger partial charge in [0, 0.05) is 35.0 Å². The van der Waals surface area contributed by atoms with Crippen molar-refractivity contribution in [1.82, 2.24) is 9.80 Å². The smallest absolute Gasteiger partial charge is 0.126 e. The Morgan fingerprint density at radius 1 is 1.38 bits per heavy atom. The lowest BCUT2D eigenvalue weighted by molar-refractivity contribution is 0.280. The van der Waals surface area contributed by atoms with Crippen molar-refractivity contribution in [2.24, 2.45) is 10.7 Å². The number of fused-ring (bicyclic) bond motifs is 1. The number of nitrogens with two attached hydrogens (primary N) is 1. The van der Waals surface area contributed by atoms with Crippen LogP contribution in [0.15, 0.2) is 40.5 Å². The summed E-state index contributed by atoms with van der Waals surface area (Å²) < 4.78 is 0. The van der Waals surface area contributed by atoms with Crippen LogP contribution in [-0.4, -0.2) is 40.8 Å². The van der Waals surface area contributed by atoms with E-state index in [2.05, 4.69) is 51.4 Å². The van der Waals surface area contributed by atoms with Crippen LogP contribution in [0.4, 0.5) is 0 Å². The SMILES string of the molecule is CCCC1C=CC=C2N(Cc3cc(C(N)=NC4CC4)cs3)CCN21. The van der Waals surface area contributed by atoms with E-state index >= 15 is 0 Å². The highest BCUT2D eigenvalue weighted by Crippen LogP contribution is 2.30. The summed E-state index contributed by atoms with van der Waals surface area (Å²) in [4.78, 5) is 11.0. The van der Waals surface area contributed by atoms with Crippen molar-refractivity contribution >= 4 is 17.2 Å². The van der Waals surface area contributed by atoms with Crippen LogP contribution in [0, 0.1) is 0 Å². The molecule has 4 nitrogen and oxygen atoms in total. The van der Waals surface area contributed by atoms with Crippen molar-refractivity contribution in [2.75, 3.05) is 13.1 Å². The molecule has 128 valence electrons. The summed E-state index contributed by atoms with van der Waals surface area (Å²) in [7, 11) is 0. The number of nitrogens with zero attached hydrogens (tertiary/aromatic N) is 3. The molecule has 24 heavy (non-hydrogen) atoms. The Kier molecular flexibility index (Phi) is 4.35. The number of thiophene rings is 1. The van der Waals surface area contributed by atoms with Crippen LogP contribution in [0.1, 0.15) is 43.0 Å². The van der Waals surface area contributed by atoms with Crippen LogP contribution in [0.2, 0.25) is 0 Å². The third kappa shape index (κ3) is 3.22. The average Bonchev–Trinajstić information content (AvgIpc) is 3.11. The molecule has 4 rings (SSSR count). The maximum Gasteiger partial charge on any atom is 0.126 e. The first-order valence-electron chi connectivity index (χ1n) is 9.05. The van der Waals surface area contributed by atoms with Gasteiger partial charge in [0.15, 0.2) is 0 Å². The minimum Gasteiger partial charge on any atom is -0.383 e. The molecule has 0 bridgehead atoms. The third-order valence-electron chi connectivity index (χ3n) is 4.96. The summed E-state index contributed by atoms with van der Waals surface area (Å²) in [5.41, 5.74) is 7.23. The summed E-state index contributed by atoms with van der Waals surface area (Å²) in [5, 5.41) is 2.15. The van der Waals surface area contributed by atoms with Crippen LogP contribution in [0.25, 0.3) is 0 Å². The van der Waals surface area contributed by atoms with Gasteiger partial charge in [-0.25, -0.2) is 0 Å². The van der Waals surface area contributed by atoms with Crippen molar-refractivity contribution in [3.63, 3.8) is 0 Å². The number of hydrogen-bond acceptors (Lipinski definition) is 4. The lowest BCUT2D eigenvalue weighted by atomic mass is 10.1. The quantitative estimate of drug-likeness (QED) is 0.637. The molecule has 2 fully saturated rings. The molecule has 3 aliphatic rings. The molecule has 1 aromatic rings. The molecule has 1 aliphatic carbocycles. The van der Waals surface area contributed by atoms with Crippen molar-refractivity contribution in [2.45, 2.75) is 51.2 Å². The minimum atomic E-state index is 0.482. The highest BCUT2D eigenvalue weighted by Gasteiger charge is 2.30. The van der Waals surface area contributed by atoms with Crippen molar-refractivity contribution in [3.05, 3.63) is 45.9 Å². The Morgan fingerprint density at radius 2 is 2.25 bits per heavy atom. The van der Waals surface area contributed by atoms with Crippen LogP contribution < -0.4 is 5.73 Å². The molecule has 1 atom stereocenters. The first-order chi connectivity index (χ1) is 11.7. The van der Waals surface area contributed by atoms with Gasteiger partial charge in [-0.2, -0.15) is 0 Å². The van der Waals surface area contributed by atoms with Crippen LogP contribution >= 0.6 is 11.3 Å². The van der Waals surface area contributed by atoms with E-state index in [9.17, 15) is 0 Å². The lowest BCUT2D eigenvalue weighted by Gasteiger charge is -2.32. The van der Waals surface area contributed by atoms with E-state index < -0.39 is 0 Å². The molecule has 0 aromatic carbocycles. The van der Waals surface area contributed by atoms with Gasteiger partial charge in [0.05, 0.1) is 12.6 Å². The first kappa shape index (κ1) is 15.8. The number of rotatable bonds is 6. The number of amidine groups is 1. The van der Waals surface area contributed by atoms with Crippen LogP contribution in [-0.2, 0) is 6.54 Å². The molecule has 0 spiro atoms. The minimum absolute atomic E-state index is 0.482. The van der Waals surface area contributed by atoms with Crippen molar-refractivity contribution < 1.29 is 0 Å². The molecule has 3 heterocycles. The Labute approximate surface area is 148 Å². The predicted molar refractivity (Wildman–Crippen MR) is 101 cm³/mol. The topological polar surface area (TPSA) is 44.9 Å². The Hall–Kier alpha value is -1.75. The number of aliphatic imine (C=N–C) groups is 1. The molecular formula is C19H26N4S. The average molecular weight is 343 g/mol. The second-order valence-electron chi connectivity index (χ2n) is 6.93. The van der Waals surface area contributed by atoms with E-state index in [1.807, 2.05) is 0 Å². The summed E-state index contributed by atoms with van der Waals surface area (Å²) in [5.74, 6) is 2.09. The summed E-state index contributed by atoms with van der Waals surface area (Å²) in [6.07, 6.45) is 11.7. The second kappa shape index (κ2) is 6.63. The van der Waals surface area contributed by atoms with E-state index in [0.29, 0.717) is 17.9 Å². The standard InChI is InChI=1S/C19H26N4S/c1-2-4-16-5-3-6-18-22(9-10-23(16)18)12-17-11-14(13-24-17)19(20)21-15-7-8-15/h3,5-6,11,13,15-16H,2,4,7-10,12H2,1H3,(H2,20,21). The molecule has 1 unspecified atom stereocenters. The maximum absolute atomic E-state index is 6.13. The molecule has 1 aromatic heterocycles. The Morgan fingerprint density at radius 3 is 3.04 bits per heavy atom. The normalized spacial score (nSPS) is 23.6. The van der Waals surface area contributed by atoms with E-state index in [0.717, 1.165) is 25.2 Å². The highest BCUT2D eigenvalue weighted by atomic mass is 32.1. The Balaban J connectivity index is 1.44. The monoisotopic (exact) mass is 342 g/mol.